The maximum Gasteiger partial charge on any atom is 0.305 e. The fraction of sp³-hybridized carbons (Fsp3) is 0.222. The van der Waals surface area contributed by atoms with Gasteiger partial charge in [0.25, 0.3) is 0 Å². The molecule has 5 nitrogen and oxygen atoms in total. The van der Waals surface area contributed by atoms with E-state index < -0.39 is 12.0 Å². The molecule has 1 heterocycles. The number of nitrogens with one attached hydrogen (secondary N) is 1. The molecule has 0 aliphatic heterocycles. The number of aromatic nitrogens is 1. The number of hydrogen-bond donors (Lipinski definition) is 2. The van der Waals surface area contributed by atoms with E-state index in [2.05, 4.69) is 10.3 Å². The molecule has 0 saturated heterocycles. The predicted molar refractivity (Wildman–Crippen MR) is 48.4 cm³/mol. The minimum absolute atomic E-state index is 0.136. The van der Waals surface area contributed by atoms with Crippen LogP contribution < -0.4 is 5.32 Å². The molecule has 0 aromatic carbocycles. The van der Waals surface area contributed by atoms with Crippen LogP contribution in [0.3, 0.4) is 0 Å². The van der Waals surface area contributed by atoms with Gasteiger partial charge in [-0.25, -0.2) is 0 Å². The van der Waals surface area contributed by atoms with Gasteiger partial charge < -0.3 is 10.4 Å². The lowest BCUT2D eigenvalue weighted by Crippen LogP contribution is -2.22. The molecule has 0 aliphatic rings. The van der Waals surface area contributed by atoms with E-state index >= 15 is 0 Å². The van der Waals surface area contributed by atoms with Crippen molar-refractivity contribution in [3.8, 4) is 0 Å². The molecule has 0 unspecified atom stereocenters. The third-order valence-corrected chi connectivity index (χ3v) is 1.76. The van der Waals surface area contributed by atoms with E-state index in [1.807, 2.05) is 0 Å². The van der Waals surface area contributed by atoms with Gasteiger partial charge in [-0.3, -0.25) is 14.6 Å². The summed E-state index contributed by atoms with van der Waals surface area (Å²) < 4.78 is 0. The maximum absolute atomic E-state index is 10.5. The lowest BCUT2D eigenvalue weighted by Gasteiger charge is -2.13. The first kappa shape index (κ1) is 10.2. The van der Waals surface area contributed by atoms with Crippen LogP contribution in [0.15, 0.2) is 24.5 Å². The maximum atomic E-state index is 10.5. The Bertz CT molecular complexity index is 313. The summed E-state index contributed by atoms with van der Waals surface area (Å²) in [5.41, 5.74) is 0.731. The topological polar surface area (TPSA) is 79.3 Å². The van der Waals surface area contributed by atoms with Gasteiger partial charge in [-0.15, -0.1) is 0 Å². The largest absolute Gasteiger partial charge is 0.481 e. The lowest BCUT2D eigenvalue weighted by molar-refractivity contribution is -0.137. The predicted octanol–water partition coefficient (Wildman–Crippen LogP) is 0.343. The van der Waals surface area contributed by atoms with Crippen molar-refractivity contribution in [2.45, 2.75) is 12.5 Å². The highest BCUT2D eigenvalue weighted by atomic mass is 16.4. The first-order chi connectivity index (χ1) is 6.74. The summed E-state index contributed by atoms with van der Waals surface area (Å²) in [6.45, 7) is 0. The minimum Gasteiger partial charge on any atom is -0.481 e. The summed E-state index contributed by atoms with van der Waals surface area (Å²) in [4.78, 5) is 24.5. The molecule has 0 aliphatic carbocycles. The van der Waals surface area contributed by atoms with Gasteiger partial charge in [0.1, 0.15) is 0 Å². The number of pyridine rings is 1. The van der Waals surface area contributed by atoms with Crippen LogP contribution >= 0.6 is 0 Å². The molecule has 0 bridgehead atoms. The Morgan fingerprint density at radius 2 is 2.21 bits per heavy atom. The lowest BCUT2D eigenvalue weighted by atomic mass is 10.1. The van der Waals surface area contributed by atoms with E-state index in [1.54, 1.807) is 24.5 Å². The summed E-state index contributed by atoms with van der Waals surface area (Å²) in [7, 11) is 0. The average Bonchev–Trinajstić information content (AvgIpc) is 2.18. The first-order valence-corrected chi connectivity index (χ1v) is 4.05. The minimum atomic E-state index is -0.957. The van der Waals surface area contributed by atoms with Gasteiger partial charge in [-0.1, -0.05) is 0 Å². The molecule has 14 heavy (non-hydrogen) atoms. The molecule has 1 amide bonds. The first-order valence-electron chi connectivity index (χ1n) is 4.05. The van der Waals surface area contributed by atoms with E-state index in [1.165, 1.54) is 0 Å². The summed E-state index contributed by atoms with van der Waals surface area (Å²) in [5.74, 6) is -0.957. The highest BCUT2D eigenvalue weighted by Gasteiger charge is 2.13. The van der Waals surface area contributed by atoms with Crippen molar-refractivity contribution in [3.05, 3.63) is 30.1 Å². The van der Waals surface area contributed by atoms with Crippen molar-refractivity contribution in [3.63, 3.8) is 0 Å². The van der Waals surface area contributed by atoms with Crippen molar-refractivity contribution in [2.75, 3.05) is 0 Å². The molecule has 0 spiro atoms. The zero-order valence-electron chi connectivity index (χ0n) is 7.38. The molecule has 0 saturated carbocycles. The Morgan fingerprint density at radius 1 is 1.57 bits per heavy atom. The van der Waals surface area contributed by atoms with E-state index in [0.29, 0.717) is 6.41 Å². The molecule has 1 atom stereocenters. The second-order valence-corrected chi connectivity index (χ2v) is 2.72. The smallest absolute Gasteiger partial charge is 0.305 e. The molecule has 1 aromatic heterocycles. The van der Waals surface area contributed by atoms with Gasteiger partial charge in [-0.05, 0) is 17.7 Å². The van der Waals surface area contributed by atoms with Crippen LogP contribution in [0.25, 0.3) is 0 Å². The van der Waals surface area contributed by atoms with Crippen LogP contribution in [0.2, 0.25) is 0 Å². The molecule has 0 fully saturated rings. The van der Waals surface area contributed by atoms with Gasteiger partial charge in [0.05, 0.1) is 12.5 Å². The zero-order valence-corrected chi connectivity index (χ0v) is 7.38. The van der Waals surface area contributed by atoms with Crippen LogP contribution in [0, 0.1) is 0 Å². The zero-order chi connectivity index (χ0) is 10.4. The van der Waals surface area contributed by atoms with Crippen LogP contribution in [-0.4, -0.2) is 22.5 Å². The average molecular weight is 194 g/mol. The van der Waals surface area contributed by atoms with Gasteiger partial charge in [0, 0.05) is 12.4 Å². The van der Waals surface area contributed by atoms with Crippen LogP contribution in [0.1, 0.15) is 18.0 Å². The highest BCUT2D eigenvalue weighted by molar-refractivity contribution is 5.68. The molecule has 0 radical (unpaired) electrons. The number of amides is 1. The van der Waals surface area contributed by atoms with Crippen molar-refractivity contribution in [1.82, 2.24) is 10.3 Å². The van der Waals surface area contributed by atoms with Crippen molar-refractivity contribution < 1.29 is 14.7 Å². The fourth-order valence-electron chi connectivity index (χ4n) is 1.13. The highest BCUT2D eigenvalue weighted by Crippen LogP contribution is 2.14. The van der Waals surface area contributed by atoms with E-state index in [9.17, 15) is 9.59 Å². The second-order valence-electron chi connectivity index (χ2n) is 2.72. The fourth-order valence-corrected chi connectivity index (χ4v) is 1.13. The quantitative estimate of drug-likeness (QED) is 0.662. The van der Waals surface area contributed by atoms with Crippen molar-refractivity contribution in [2.24, 2.45) is 0 Å². The third kappa shape index (κ3) is 2.85. The molecule has 2 N–H and O–H groups in total. The van der Waals surface area contributed by atoms with Crippen molar-refractivity contribution >= 4 is 12.4 Å². The van der Waals surface area contributed by atoms with E-state index in [-0.39, 0.29) is 6.42 Å². The van der Waals surface area contributed by atoms with E-state index in [0.717, 1.165) is 5.56 Å². The van der Waals surface area contributed by atoms with E-state index in [4.69, 9.17) is 5.11 Å². The number of rotatable bonds is 5. The van der Waals surface area contributed by atoms with Crippen LogP contribution in [0.5, 0.6) is 0 Å². The Labute approximate surface area is 80.8 Å². The van der Waals surface area contributed by atoms with Gasteiger partial charge >= 0.3 is 5.97 Å². The summed E-state index contributed by atoms with van der Waals surface area (Å²) in [6.07, 6.45) is 3.46. The number of hydrogen-bond acceptors (Lipinski definition) is 3. The van der Waals surface area contributed by atoms with Gasteiger partial charge in [0.2, 0.25) is 6.41 Å². The van der Waals surface area contributed by atoms with Crippen LogP contribution in [-0.2, 0) is 9.59 Å². The van der Waals surface area contributed by atoms with Gasteiger partial charge in [0.15, 0.2) is 0 Å². The Hall–Kier alpha value is -1.91. The van der Waals surface area contributed by atoms with Crippen molar-refractivity contribution in [1.29, 1.82) is 0 Å². The number of aliphatic carboxylic acids is 1. The number of nitrogens with zero attached hydrogens (tertiary/aromatic N) is 1. The summed E-state index contributed by atoms with van der Waals surface area (Å²) in [5, 5.41) is 11.0. The molecule has 1 aromatic rings. The Kier molecular flexibility index (Phi) is 3.60. The second kappa shape index (κ2) is 4.96. The number of carboxylic acid groups (broad SMARTS) is 1. The number of carbonyl (C=O) groups is 2. The Morgan fingerprint density at radius 3 is 2.71 bits per heavy atom. The molecular weight excluding hydrogens is 184 g/mol. The monoisotopic (exact) mass is 194 g/mol. The SMILES string of the molecule is O=CN[C@@H](CC(=O)O)c1ccncc1. The summed E-state index contributed by atoms with van der Waals surface area (Å²) >= 11 is 0. The molecule has 5 heteroatoms. The Balaban J connectivity index is 2.77. The molecular formula is C9H10N2O3. The van der Waals surface area contributed by atoms with Gasteiger partial charge in [-0.2, -0.15) is 0 Å². The molecule has 1 rings (SSSR count). The number of carbonyl (C=O) groups excluding carboxylic acids is 1. The number of carboxylic acids is 1. The molecule has 74 valence electrons. The third-order valence-electron chi connectivity index (χ3n) is 1.76. The van der Waals surface area contributed by atoms with Crippen LogP contribution in [0.4, 0.5) is 0 Å². The summed E-state index contributed by atoms with van der Waals surface area (Å²) in [6, 6.07) is 2.85. The standard InChI is InChI=1S/C9H10N2O3/c12-6-11-8(5-9(13)14)7-1-3-10-4-2-7/h1-4,6,8H,5H2,(H,11,12)(H,13,14)/t8-/m0/s1. The normalized spacial score (nSPS) is 11.7.